The van der Waals surface area contributed by atoms with Crippen molar-refractivity contribution in [2.24, 2.45) is 0 Å². The van der Waals surface area contributed by atoms with Gasteiger partial charge >= 0.3 is 0 Å². The molecule has 1 fully saturated rings. The zero-order valence-corrected chi connectivity index (χ0v) is 13.8. The predicted octanol–water partition coefficient (Wildman–Crippen LogP) is 1.66. The Labute approximate surface area is 133 Å². The minimum atomic E-state index is -0.120. The van der Waals surface area contributed by atoms with E-state index >= 15 is 0 Å². The molecule has 1 aliphatic heterocycles. The van der Waals surface area contributed by atoms with Crippen molar-refractivity contribution in [2.75, 3.05) is 18.5 Å². The van der Waals surface area contributed by atoms with Crippen LogP contribution < -0.4 is 21.1 Å². The maximum absolute atomic E-state index is 12.2. The number of para-hydroxylation sites is 1. The van der Waals surface area contributed by atoms with Crippen LogP contribution in [0.1, 0.15) is 33.1 Å². The summed E-state index contributed by atoms with van der Waals surface area (Å²) in [5.74, 6) is 0.0828. The van der Waals surface area contributed by atoms with Crippen LogP contribution in [0.2, 0.25) is 0 Å². The van der Waals surface area contributed by atoms with Crippen molar-refractivity contribution in [2.45, 2.75) is 51.2 Å². The van der Waals surface area contributed by atoms with Gasteiger partial charge in [-0.3, -0.25) is 10.2 Å². The molecule has 1 heterocycles. The van der Waals surface area contributed by atoms with E-state index in [1.807, 2.05) is 18.2 Å². The first-order valence-electron chi connectivity index (χ1n) is 8.18. The molecule has 3 atom stereocenters. The van der Waals surface area contributed by atoms with Crippen LogP contribution >= 0.6 is 0 Å². The van der Waals surface area contributed by atoms with E-state index in [4.69, 9.17) is 0 Å². The van der Waals surface area contributed by atoms with Gasteiger partial charge in [-0.25, -0.2) is 5.43 Å². The van der Waals surface area contributed by atoms with Gasteiger partial charge in [0.05, 0.1) is 0 Å². The summed E-state index contributed by atoms with van der Waals surface area (Å²) in [6.45, 7) is 4.92. The molecule has 1 aliphatic rings. The number of hydrogen-bond acceptors (Lipinski definition) is 4. The van der Waals surface area contributed by atoms with Gasteiger partial charge in [-0.2, -0.15) is 0 Å². The van der Waals surface area contributed by atoms with E-state index < -0.39 is 0 Å². The predicted molar refractivity (Wildman–Crippen MR) is 90.7 cm³/mol. The largest absolute Gasteiger partial charge is 0.370 e. The van der Waals surface area contributed by atoms with Crippen molar-refractivity contribution < 1.29 is 4.79 Å². The first-order valence-corrected chi connectivity index (χ1v) is 8.18. The topological polar surface area (TPSA) is 56.4 Å². The minimum Gasteiger partial charge on any atom is -0.370 e. The lowest BCUT2D eigenvalue weighted by Gasteiger charge is -2.27. The highest BCUT2D eigenvalue weighted by Gasteiger charge is 2.28. The van der Waals surface area contributed by atoms with Crippen molar-refractivity contribution in [3.63, 3.8) is 0 Å². The Balaban J connectivity index is 1.76. The normalized spacial score (nSPS) is 22.3. The lowest BCUT2D eigenvalue weighted by molar-refractivity contribution is -0.122. The number of likely N-dealkylation sites (N-methyl/N-ethyl adjacent to an activating group) is 1. The third-order valence-corrected chi connectivity index (χ3v) is 4.33. The van der Waals surface area contributed by atoms with Crippen molar-refractivity contribution in [1.82, 2.24) is 16.2 Å². The molecule has 122 valence electrons. The molecule has 1 amide bonds. The molecule has 22 heavy (non-hydrogen) atoms. The van der Waals surface area contributed by atoms with Gasteiger partial charge in [0, 0.05) is 31.4 Å². The fraction of sp³-hybridized carbons (Fsp3) is 0.588. The average Bonchev–Trinajstić information content (AvgIpc) is 3.01. The lowest BCUT2D eigenvalue weighted by atomic mass is 10.1. The Hall–Kier alpha value is -1.59. The number of nitrogens with zero attached hydrogens (tertiary/aromatic N) is 1. The van der Waals surface area contributed by atoms with Crippen LogP contribution in [-0.2, 0) is 4.79 Å². The van der Waals surface area contributed by atoms with E-state index in [0.717, 1.165) is 24.9 Å². The van der Waals surface area contributed by atoms with Crippen molar-refractivity contribution >= 4 is 11.6 Å². The van der Waals surface area contributed by atoms with Gasteiger partial charge < -0.3 is 10.2 Å². The summed E-state index contributed by atoms with van der Waals surface area (Å²) in [6.07, 6.45) is 3.10. The summed E-state index contributed by atoms with van der Waals surface area (Å²) < 4.78 is 0. The first kappa shape index (κ1) is 16.8. The molecule has 5 nitrogen and oxygen atoms in total. The molecule has 0 spiro atoms. The molecule has 1 aromatic rings. The third kappa shape index (κ3) is 4.45. The number of rotatable bonds is 7. The van der Waals surface area contributed by atoms with Gasteiger partial charge in [0.2, 0.25) is 5.91 Å². The fourth-order valence-corrected chi connectivity index (χ4v) is 2.76. The molecule has 2 rings (SSSR count). The average molecular weight is 304 g/mol. The van der Waals surface area contributed by atoms with Crippen LogP contribution in [-0.4, -0.2) is 37.6 Å². The van der Waals surface area contributed by atoms with Gasteiger partial charge in [-0.15, -0.1) is 0 Å². The molecule has 0 aliphatic carbocycles. The second-order valence-electron chi connectivity index (χ2n) is 6.10. The third-order valence-electron chi connectivity index (χ3n) is 4.33. The highest BCUT2D eigenvalue weighted by Crippen LogP contribution is 2.14. The number of carbonyl (C=O) groups is 1. The van der Waals surface area contributed by atoms with E-state index in [9.17, 15) is 4.79 Å². The summed E-state index contributed by atoms with van der Waals surface area (Å²) in [5.41, 5.74) is 7.46. The molecule has 1 saturated heterocycles. The number of hydrogen-bond donors (Lipinski definition) is 3. The van der Waals surface area contributed by atoms with Crippen molar-refractivity contribution in [1.29, 1.82) is 0 Å². The first-order chi connectivity index (χ1) is 10.6. The smallest absolute Gasteiger partial charge is 0.238 e. The molecule has 0 radical (unpaired) electrons. The van der Waals surface area contributed by atoms with Gasteiger partial charge in [0.15, 0.2) is 0 Å². The van der Waals surface area contributed by atoms with E-state index in [1.54, 1.807) is 0 Å². The SMILES string of the molecule is CCCC1CC(C(=O)NCC(C)N(C)c2ccccc2)NN1. The summed E-state index contributed by atoms with van der Waals surface area (Å²) >= 11 is 0. The van der Waals surface area contributed by atoms with Gasteiger partial charge in [-0.1, -0.05) is 31.5 Å². The van der Waals surface area contributed by atoms with Crippen LogP contribution in [0.4, 0.5) is 5.69 Å². The van der Waals surface area contributed by atoms with Gasteiger partial charge in [0.1, 0.15) is 6.04 Å². The Kier molecular flexibility index (Phi) is 6.21. The number of hydrazine groups is 1. The van der Waals surface area contributed by atoms with E-state index in [0.29, 0.717) is 12.6 Å². The van der Waals surface area contributed by atoms with Crippen molar-refractivity contribution in [3.8, 4) is 0 Å². The maximum atomic E-state index is 12.2. The summed E-state index contributed by atoms with van der Waals surface area (Å²) in [5, 5.41) is 3.05. The molecule has 5 heteroatoms. The zero-order valence-electron chi connectivity index (χ0n) is 13.8. The molecule has 0 saturated carbocycles. The Bertz CT molecular complexity index is 465. The Morgan fingerprint density at radius 3 is 2.77 bits per heavy atom. The molecule has 3 N–H and O–H groups in total. The number of carbonyl (C=O) groups excluding carboxylic acids is 1. The number of benzene rings is 1. The maximum Gasteiger partial charge on any atom is 0.238 e. The van der Waals surface area contributed by atoms with Crippen LogP contribution in [0.5, 0.6) is 0 Å². The quantitative estimate of drug-likeness (QED) is 0.717. The highest BCUT2D eigenvalue weighted by molar-refractivity contribution is 5.82. The van der Waals surface area contributed by atoms with E-state index in [1.165, 1.54) is 0 Å². The molecular formula is C17H28N4O. The molecular weight excluding hydrogens is 276 g/mol. The van der Waals surface area contributed by atoms with E-state index in [-0.39, 0.29) is 18.0 Å². The molecule has 3 unspecified atom stereocenters. The summed E-state index contributed by atoms with van der Waals surface area (Å²) in [4.78, 5) is 14.4. The minimum absolute atomic E-state index is 0.0828. The lowest BCUT2D eigenvalue weighted by Crippen LogP contribution is -2.47. The molecule has 0 bridgehead atoms. The highest BCUT2D eigenvalue weighted by atomic mass is 16.2. The zero-order chi connectivity index (χ0) is 15.9. The van der Waals surface area contributed by atoms with Crippen LogP contribution in [0.15, 0.2) is 30.3 Å². The second kappa shape index (κ2) is 8.15. The Morgan fingerprint density at radius 2 is 2.09 bits per heavy atom. The molecule has 0 aromatic heterocycles. The Morgan fingerprint density at radius 1 is 1.36 bits per heavy atom. The monoisotopic (exact) mass is 304 g/mol. The van der Waals surface area contributed by atoms with Crippen LogP contribution in [0, 0.1) is 0 Å². The fourth-order valence-electron chi connectivity index (χ4n) is 2.76. The summed E-state index contributed by atoms with van der Waals surface area (Å²) in [6, 6.07) is 10.8. The van der Waals surface area contributed by atoms with Gasteiger partial charge in [0.25, 0.3) is 0 Å². The van der Waals surface area contributed by atoms with Crippen LogP contribution in [0.3, 0.4) is 0 Å². The number of amides is 1. The van der Waals surface area contributed by atoms with E-state index in [2.05, 4.69) is 54.1 Å². The summed E-state index contributed by atoms with van der Waals surface area (Å²) in [7, 11) is 2.05. The van der Waals surface area contributed by atoms with Gasteiger partial charge in [-0.05, 0) is 31.9 Å². The molecule has 1 aromatic carbocycles. The van der Waals surface area contributed by atoms with Crippen LogP contribution in [0.25, 0.3) is 0 Å². The van der Waals surface area contributed by atoms with Crippen molar-refractivity contribution in [3.05, 3.63) is 30.3 Å². The standard InChI is InChI=1S/C17H28N4O/c1-4-8-14-11-16(20-19-14)17(22)18-12-13(2)21(3)15-9-6-5-7-10-15/h5-7,9-10,13-14,16,19-20H,4,8,11-12H2,1-3H3,(H,18,22). The number of anilines is 1. The second-order valence-corrected chi connectivity index (χ2v) is 6.10. The number of nitrogens with one attached hydrogen (secondary N) is 3.